The monoisotopic (exact) mass is 208 g/mol. The van der Waals surface area contributed by atoms with Gasteiger partial charge in [0.2, 0.25) is 0 Å². The Kier molecular flexibility index (Phi) is 4.09. The minimum absolute atomic E-state index is 0.0387. The lowest BCUT2D eigenvalue weighted by atomic mass is 10.2. The molecule has 76 valence electrons. The third-order valence-electron chi connectivity index (χ3n) is 1.53. The summed E-state index contributed by atoms with van der Waals surface area (Å²) in [6.45, 7) is 2.85. The van der Waals surface area contributed by atoms with Crippen molar-refractivity contribution in [2.24, 2.45) is 0 Å². The summed E-state index contributed by atoms with van der Waals surface area (Å²) in [6, 6.07) is 0. The van der Waals surface area contributed by atoms with Crippen molar-refractivity contribution in [1.82, 2.24) is 0 Å². The zero-order chi connectivity index (χ0) is 10.6. The van der Waals surface area contributed by atoms with Crippen LogP contribution in [0.5, 0.6) is 0 Å². The molecule has 2 N–H and O–H groups in total. The topological polar surface area (TPSA) is 91.7 Å². The second kappa shape index (κ2) is 4.38. The average Bonchev–Trinajstić information content (AvgIpc) is 1.96. The molecular weight excluding hydrogens is 196 g/mol. The van der Waals surface area contributed by atoms with Crippen molar-refractivity contribution in [3.8, 4) is 0 Å². The molecule has 0 spiro atoms. The summed E-state index contributed by atoms with van der Waals surface area (Å²) in [6.07, 6.45) is 0.497. The first-order valence-electron chi connectivity index (χ1n) is 3.71. The summed E-state index contributed by atoms with van der Waals surface area (Å²) in [5, 5.41) is 8.51. The highest BCUT2D eigenvalue weighted by Gasteiger charge is 2.19. The second-order valence-corrected chi connectivity index (χ2v) is 4.02. The number of carboxylic acids is 1. The molecule has 0 bridgehead atoms. The number of rotatable bonds is 4. The molecule has 0 aromatic rings. The maximum Gasteiger partial charge on any atom is 0.332 e. The predicted molar refractivity (Wildman–Crippen MR) is 46.8 cm³/mol. The Balaban J connectivity index is 5.26. The maximum absolute atomic E-state index is 10.7. The fourth-order valence-electron chi connectivity index (χ4n) is 0.856. The van der Waals surface area contributed by atoms with Crippen LogP contribution in [0.25, 0.3) is 0 Å². The Morgan fingerprint density at radius 2 is 1.85 bits per heavy atom. The summed E-state index contributed by atoms with van der Waals surface area (Å²) in [5.41, 5.74) is -0.329. The summed E-state index contributed by atoms with van der Waals surface area (Å²) in [5.74, 6) is -1.33. The van der Waals surface area contributed by atoms with Crippen molar-refractivity contribution in [1.29, 1.82) is 0 Å². The van der Waals surface area contributed by atoms with Gasteiger partial charge >= 0.3 is 5.97 Å². The van der Waals surface area contributed by atoms with E-state index in [4.69, 9.17) is 9.66 Å². The largest absolute Gasteiger partial charge is 0.478 e. The van der Waals surface area contributed by atoms with Crippen molar-refractivity contribution in [3.05, 3.63) is 10.5 Å². The van der Waals surface area contributed by atoms with Gasteiger partial charge in [-0.15, -0.1) is 0 Å². The fraction of sp³-hybridized carbons (Fsp3) is 0.571. The van der Waals surface area contributed by atoms with Gasteiger partial charge in [-0.25, -0.2) is 4.79 Å². The van der Waals surface area contributed by atoms with Crippen LogP contribution in [-0.4, -0.2) is 24.0 Å². The van der Waals surface area contributed by atoms with Crippen LogP contribution in [0.1, 0.15) is 26.7 Å². The second-order valence-electron chi connectivity index (χ2n) is 2.58. The van der Waals surface area contributed by atoms with E-state index in [2.05, 4.69) is 0 Å². The van der Waals surface area contributed by atoms with Crippen LogP contribution >= 0.6 is 0 Å². The molecule has 0 aliphatic rings. The Bertz CT molecular complexity index is 325. The molecule has 0 radical (unpaired) electrons. The summed E-state index contributed by atoms with van der Waals surface area (Å²) in [7, 11) is -4.37. The minimum atomic E-state index is -4.37. The zero-order valence-electron chi connectivity index (χ0n) is 7.44. The molecule has 6 heteroatoms. The van der Waals surface area contributed by atoms with Crippen LogP contribution in [0.3, 0.4) is 0 Å². The molecular formula is C7H12O5S. The van der Waals surface area contributed by atoms with E-state index in [1.54, 1.807) is 6.92 Å². The standard InChI is InChI=1S/C7H12O5S/c1-3-4-6(13(10,11)12)5(2)7(8)9/h3-4H2,1-2H3,(H,8,9)(H,10,11,12)/b6-5-. The van der Waals surface area contributed by atoms with Gasteiger partial charge in [-0.2, -0.15) is 8.42 Å². The number of carbonyl (C=O) groups is 1. The molecule has 0 aliphatic carbocycles. The molecule has 0 amide bonds. The minimum Gasteiger partial charge on any atom is -0.478 e. The Labute approximate surface area is 76.8 Å². The van der Waals surface area contributed by atoms with Gasteiger partial charge in [0.25, 0.3) is 10.1 Å². The lowest BCUT2D eigenvalue weighted by Crippen LogP contribution is -2.09. The van der Waals surface area contributed by atoms with Gasteiger partial charge in [-0.05, 0) is 13.3 Å². The maximum atomic E-state index is 10.7. The summed E-state index contributed by atoms with van der Waals surface area (Å²) >= 11 is 0. The van der Waals surface area contributed by atoms with E-state index in [0.717, 1.165) is 6.92 Å². The molecule has 0 saturated heterocycles. The van der Waals surface area contributed by atoms with E-state index in [9.17, 15) is 13.2 Å². The van der Waals surface area contributed by atoms with Crippen LogP contribution < -0.4 is 0 Å². The van der Waals surface area contributed by atoms with Crippen LogP contribution in [0.2, 0.25) is 0 Å². The third-order valence-corrected chi connectivity index (χ3v) is 2.66. The molecule has 0 saturated carbocycles. The third kappa shape index (κ3) is 3.56. The highest BCUT2D eigenvalue weighted by molar-refractivity contribution is 7.89. The lowest BCUT2D eigenvalue weighted by Gasteiger charge is -2.04. The van der Waals surface area contributed by atoms with Gasteiger partial charge in [0, 0.05) is 0 Å². The molecule has 0 aromatic carbocycles. The van der Waals surface area contributed by atoms with Crippen LogP contribution in [0.4, 0.5) is 0 Å². The lowest BCUT2D eigenvalue weighted by molar-refractivity contribution is -0.132. The number of allylic oxidation sites excluding steroid dienone is 1. The first-order valence-corrected chi connectivity index (χ1v) is 5.15. The van der Waals surface area contributed by atoms with Gasteiger partial charge in [0.1, 0.15) is 0 Å². The Morgan fingerprint density at radius 3 is 2.08 bits per heavy atom. The van der Waals surface area contributed by atoms with Crippen LogP contribution in [0, 0.1) is 0 Å². The van der Waals surface area contributed by atoms with Gasteiger partial charge in [-0.3, -0.25) is 4.55 Å². The normalized spacial score (nSPS) is 13.8. The number of aliphatic carboxylic acids is 1. The van der Waals surface area contributed by atoms with E-state index >= 15 is 0 Å². The highest BCUT2D eigenvalue weighted by atomic mass is 32.2. The van der Waals surface area contributed by atoms with Crippen molar-refractivity contribution in [3.63, 3.8) is 0 Å². The van der Waals surface area contributed by atoms with Gasteiger partial charge < -0.3 is 5.11 Å². The van der Waals surface area contributed by atoms with E-state index < -0.39 is 21.0 Å². The van der Waals surface area contributed by atoms with E-state index in [1.807, 2.05) is 0 Å². The van der Waals surface area contributed by atoms with Gasteiger partial charge in [-0.1, -0.05) is 13.3 Å². The average molecular weight is 208 g/mol. The molecule has 0 rings (SSSR count). The smallest absolute Gasteiger partial charge is 0.332 e. The van der Waals surface area contributed by atoms with Crippen molar-refractivity contribution in [2.75, 3.05) is 0 Å². The number of carboxylic acid groups (broad SMARTS) is 1. The van der Waals surface area contributed by atoms with E-state index in [1.165, 1.54) is 0 Å². The Morgan fingerprint density at radius 1 is 1.38 bits per heavy atom. The first-order chi connectivity index (χ1) is 5.80. The quantitative estimate of drug-likeness (QED) is 0.532. The molecule has 0 aliphatic heterocycles. The molecule has 0 unspecified atom stereocenters. The van der Waals surface area contributed by atoms with Crippen molar-refractivity contribution >= 4 is 16.1 Å². The first kappa shape index (κ1) is 12.1. The Hall–Kier alpha value is -0.880. The molecule has 0 atom stereocenters. The van der Waals surface area contributed by atoms with Crippen LogP contribution in [0.15, 0.2) is 10.5 Å². The van der Waals surface area contributed by atoms with Gasteiger partial charge in [0.15, 0.2) is 0 Å². The predicted octanol–water partition coefficient (Wildman–Crippen LogP) is 1.03. The number of hydrogen-bond donors (Lipinski definition) is 2. The molecule has 0 heterocycles. The fourth-order valence-corrected chi connectivity index (χ4v) is 1.79. The number of hydrogen-bond acceptors (Lipinski definition) is 3. The van der Waals surface area contributed by atoms with E-state index in [-0.39, 0.29) is 12.0 Å². The van der Waals surface area contributed by atoms with Gasteiger partial charge in [0.05, 0.1) is 10.5 Å². The van der Waals surface area contributed by atoms with Crippen molar-refractivity contribution in [2.45, 2.75) is 26.7 Å². The zero-order valence-corrected chi connectivity index (χ0v) is 8.26. The highest BCUT2D eigenvalue weighted by Crippen LogP contribution is 2.16. The van der Waals surface area contributed by atoms with Crippen LogP contribution in [-0.2, 0) is 14.9 Å². The summed E-state index contributed by atoms with van der Waals surface area (Å²) in [4.78, 5) is 10.0. The summed E-state index contributed by atoms with van der Waals surface area (Å²) < 4.78 is 30.1. The molecule has 5 nitrogen and oxygen atoms in total. The SMILES string of the molecule is CCC/C(=C(\C)C(=O)O)S(=O)(=O)O. The molecule has 13 heavy (non-hydrogen) atoms. The molecule has 0 aromatic heterocycles. The molecule has 0 fully saturated rings. The van der Waals surface area contributed by atoms with E-state index in [0.29, 0.717) is 6.42 Å². The van der Waals surface area contributed by atoms with Crippen molar-refractivity contribution < 1.29 is 22.9 Å².